The molecule has 0 bridgehead atoms. The molecule has 1 amide bonds. The molecule has 1 saturated heterocycles. The quantitative estimate of drug-likeness (QED) is 0.665. The van der Waals surface area contributed by atoms with E-state index in [0.29, 0.717) is 25.5 Å². The van der Waals surface area contributed by atoms with Crippen LogP contribution in [0.2, 0.25) is 0 Å². The Morgan fingerprint density at radius 3 is 2.60 bits per heavy atom. The van der Waals surface area contributed by atoms with Crippen molar-refractivity contribution in [3.05, 3.63) is 52.5 Å². The van der Waals surface area contributed by atoms with Crippen molar-refractivity contribution in [1.29, 1.82) is 0 Å². The second-order valence-corrected chi connectivity index (χ2v) is 9.93. The van der Waals surface area contributed by atoms with Crippen LogP contribution in [0.4, 0.5) is 0 Å². The Labute approximate surface area is 184 Å². The topological polar surface area (TPSA) is 84.9 Å². The number of rotatable bonds is 6. The minimum Gasteiger partial charge on any atom is -0.486 e. The number of nitrogens with zero attached hydrogens (tertiary/aromatic N) is 1. The fraction of sp³-hybridized carbons (Fsp3) is 0.381. The van der Waals surface area contributed by atoms with Gasteiger partial charge >= 0.3 is 0 Å². The van der Waals surface area contributed by atoms with Crippen LogP contribution in [-0.2, 0) is 14.8 Å². The highest BCUT2D eigenvalue weighted by Crippen LogP contribution is 2.38. The molecule has 1 fully saturated rings. The summed E-state index contributed by atoms with van der Waals surface area (Å²) in [5.41, 5.74) is 1.01. The molecule has 2 aromatic carbocycles. The molecule has 30 heavy (non-hydrogen) atoms. The van der Waals surface area contributed by atoms with Gasteiger partial charge in [0.05, 0.1) is 10.9 Å². The zero-order valence-corrected chi connectivity index (χ0v) is 18.7. The Balaban J connectivity index is 1.37. The third-order valence-electron chi connectivity index (χ3n) is 5.28. The minimum absolute atomic E-state index is 0.0311. The Morgan fingerprint density at radius 2 is 1.83 bits per heavy atom. The Kier molecular flexibility index (Phi) is 6.31. The molecule has 2 aliphatic rings. The number of benzene rings is 2. The van der Waals surface area contributed by atoms with E-state index in [4.69, 9.17) is 9.47 Å². The van der Waals surface area contributed by atoms with E-state index in [1.165, 1.54) is 12.1 Å². The molecule has 2 aliphatic heterocycles. The first-order valence-corrected chi connectivity index (χ1v) is 12.2. The molecule has 0 unspecified atom stereocenters. The molecular weight excluding hydrogens is 472 g/mol. The molecule has 0 aromatic heterocycles. The van der Waals surface area contributed by atoms with Gasteiger partial charge in [-0.3, -0.25) is 4.79 Å². The van der Waals surface area contributed by atoms with Crippen molar-refractivity contribution < 1.29 is 22.7 Å². The number of carbonyl (C=O) groups is 1. The predicted molar refractivity (Wildman–Crippen MR) is 115 cm³/mol. The van der Waals surface area contributed by atoms with Gasteiger partial charge < -0.3 is 14.4 Å². The Hall–Kier alpha value is -2.10. The van der Waals surface area contributed by atoms with E-state index in [-0.39, 0.29) is 29.8 Å². The van der Waals surface area contributed by atoms with Crippen molar-refractivity contribution in [2.45, 2.75) is 30.2 Å². The summed E-state index contributed by atoms with van der Waals surface area (Å²) >= 11 is 3.29. The Bertz CT molecular complexity index is 1030. The first-order chi connectivity index (χ1) is 14.4. The van der Waals surface area contributed by atoms with Gasteiger partial charge in [0.1, 0.15) is 13.2 Å². The minimum atomic E-state index is -3.64. The monoisotopic (exact) mass is 494 g/mol. The van der Waals surface area contributed by atoms with E-state index in [1.807, 2.05) is 23.1 Å². The average Bonchev–Trinajstić information content (AvgIpc) is 3.23. The number of amides is 1. The summed E-state index contributed by atoms with van der Waals surface area (Å²) in [5.74, 6) is 1.37. The molecule has 2 aromatic rings. The molecule has 7 nitrogen and oxygen atoms in total. The molecule has 2 heterocycles. The maximum atomic E-state index is 12.8. The molecule has 160 valence electrons. The van der Waals surface area contributed by atoms with Crippen LogP contribution in [0.15, 0.2) is 51.8 Å². The summed E-state index contributed by atoms with van der Waals surface area (Å²) in [7, 11) is -3.64. The van der Waals surface area contributed by atoms with Gasteiger partial charge in [0.15, 0.2) is 11.5 Å². The van der Waals surface area contributed by atoms with Crippen LogP contribution >= 0.6 is 15.9 Å². The lowest BCUT2D eigenvalue weighted by Gasteiger charge is -2.27. The maximum Gasteiger partial charge on any atom is 0.240 e. The fourth-order valence-corrected chi connectivity index (χ4v) is 5.11. The van der Waals surface area contributed by atoms with Crippen molar-refractivity contribution in [3.63, 3.8) is 0 Å². The van der Waals surface area contributed by atoms with Crippen LogP contribution in [0.1, 0.15) is 30.9 Å². The molecule has 0 aliphatic carbocycles. The smallest absolute Gasteiger partial charge is 0.240 e. The summed E-state index contributed by atoms with van der Waals surface area (Å²) in [5, 5.41) is 0. The zero-order chi connectivity index (χ0) is 21.1. The van der Waals surface area contributed by atoms with Gasteiger partial charge in [-0.25, -0.2) is 13.1 Å². The van der Waals surface area contributed by atoms with E-state index in [9.17, 15) is 13.2 Å². The molecule has 0 spiro atoms. The number of likely N-dealkylation sites (tertiary alicyclic amines) is 1. The van der Waals surface area contributed by atoms with Crippen LogP contribution in [0.25, 0.3) is 0 Å². The molecule has 1 atom stereocenters. The van der Waals surface area contributed by atoms with Gasteiger partial charge in [0.2, 0.25) is 15.9 Å². The molecular formula is C21H23BrN2O5S. The number of sulfonamides is 1. The van der Waals surface area contributed by atoms with Crippen molar-refractivity contribution in [2.24, 2.45) is 0 Å². The van der Waals surface area contributed by atoms with Gasteiger partial charge in [0, 0.05) is 24.0 Å². The molecule has 0 saturated carbocycles. The maximum absolute atomic E-state index is 12.8. The third kappa shape index (κ3) is 4.63. The summed E-state index contributed by atoms with van der Waals surface area (Å²) in [6, 6.07) is 12.2. The molecule has 0 radical (unpaired) electrons. The number of ether oxygens (including phenoxy) is 2. The van der Waals surface area contributed by atoms with Gasteiger partial charge in [-0.15, -0.1) is 0 Å². The highest BCUT2D eigenvalue weighted by Gasteiger charge is 2.30. The van der Waals surface area contributed by atoms with E-state index in [2.05, 4.69) is 20.7 Å². The number of hydrogen-bond donors (Lipinski definition) is 1. The molecule has 9 heteroatoms. The summed E-state index contributed by atoms with van der Waals surface area (Å²) in [6.45, 7) is 1.78. The molecule has 4 rings (SSSR count). The number of carbonyl (C=O) groups excluding carboxylic acids is 1. The van der Waals surface area contributed by atoms with E-state index in [1.54, 1.807) is 12.1 Å². The fourth-order valence-electron chi connectivity index (χ4n) is 3.81. The van der Waals surface area contributed by atoms with Crippen LogP contribution in [0, 0.1) is 0 Å². The summed E-state index contributed by atoms with van der Waals surface area (Å²) in [6.07, 6.45) is 1.89. The highest BCUT2D eigenvalue weighted by atomic mass is 79.9. The van der Waals surface area contributed by atoms with E-state index < -0.39 is 10.0 Å². The summed E-state index contributed by atoms with van der Waals surface area (Å²) in [4.78, 5) is 14.8. The van der Waals surface area contributed by atoms with Crippen molar-refractivity contribution >= 4 is 31.9 Å². The van der Waals surface area contributed by atoms with E-state index >= 15 is 0 Å². The third-order valence-corrected chi connectivity index (χ3v) is 7.28. The lowest BCUT2D eigenvalue weighted by atomic mass is 10.0. The standard InChI is InChI=1S/C21H23BrN2O5S/c22-16-4-6-17(7-5-16)30(26,27)23-10-9-21(25)24-11-1-2-18(24)15-3-8-19-20(14-15)29-13-12-28-19/h3-8,14,18,23H,1-2,9-13H2/t18-/m1/s1. The summed E-state index contributed by atoms with van der Waals surface area (Å²) < 4.78 is 39.3. The van der Waals surface area contributed by atoms with Crippen molar-refractivity contribution in [2.75, 3.05) is 26.3 Å². The highest BCUT2D eigenvalue weighted by molar-refractivity contribution is 9.10. The van der Waals surface area contributed by atoms with E-state index in [0.717, 1.165) is 28.6 Å². The van der Waals surface area contributed by atoms with Crippen molar-refractivity contribution in [1.82, 2.24) is 9.62 Å². The first kappa shape index (κ1) is 21.1. The van der Waals surface area contributed by atoms with Gasteiger partial charge in [-0.05, 0) is 54.8 Å². The number of nitrogens with one attached hydrogen (secondary N) is 1. The Morgan fingerprint density at radius 1 is 1.10 bits per heavy atom. The SMILES string of the molecule is O=C(CCNS(=O)(=O)c1ccc(Br)cc1)N1CCC[C@@H]1c1ccc2c(c1)OCCO2. The van der Waals surface area contributed by atoms with Crippen LogP contribution in [0.3, 0.4) is 0 Å². The lowest BCUT2D eigenvalue weighted by Crippen LogP contribution is -2.34. The number of halogens is 1. The van der Waals surface area contributed by atoms with Crippen LogP contribution in [0.5, 0.6) is 11.5 Å². The van der Waals surface area contributed by atoms with Gasteiger partial charge in [-0.1, -0.05) is 22.0 Å². The van der Waals surface area contributed by atoms with Crippen LogP contribution in [-0.4, -0.2) is 45.5 Å². The zero-order valence-electron chi connectivity index (χ0n) is 16.3. The molecule has 1 N–H and O–H groups in total. The van der Waals surface area contributed by atoms with Gasteiger partial charge in [-0.2, -0.15) is 0 Å². The second-order valence-electron chi connectivity index (χ2n) is 7.25. The van der Waals surface area contributed by atoms with Crippen molar-refractivity contribution in [3.8, 4) is 11.5 Å². The average molecular weight is 495 g/mol. The predicted octanol–water partition coefficient (Wildman–Crippen LogP) is 3.25. The second kappa shape index (κ2) is 8.95. The van der Waals surface area contributed by atoms with Gasteiger partial charge in [0.25, 0.3) is 0 Å². The lowest BCUT2D eigenvalue weighted by molar-refractivity contribution is -0.131. The van der Waals surface area contributed by atoms with Crippen LogP contribution < -0.4 is 14.2 Å². The normalized spacial score (nSPS) is 18.4. The first-order valence-electron chi connectivity index (χ1n) is 9.88. The largest absolute Gasteiger partial charge is 0.486 e. The number of hydrogen-bond acceptors (Lipinski definition) is 5. The number of fused-ring (bicyclic) bond motifs is 1.